The monoisotopic (exact) mass is 497 g/mol. The van der Waals surface area contributed by atoms with Crippen LogP contribution in [-0.2, 0) is 6.42 Å². The second kappa shape index (κ2) is 9.45. The number of nitrogens with one attached hydrogen (secondary N) is 1. The minimum atomic E-state index is -0.139. The molecule has 0 saturated carbocycles. The van der Waals surface area contributed by atoms with E-state index in [4.69, 9.17) is 16.6 Å². The number of nitrogens with zero attached hydrogens (tertiary/aromatic N) is 4. The molecule has 4 aromatic rings. The van der Waals surface area contributed by atoms with Crippen LogP contribution in [0.4, 0.5) is 21.9 Å². The number of aromatic nitrogens is 1. The van der Waals surface area contributed by atoms with Crippen molar-refractivity contribution in [1.29, 1.82) is 0 Å². The van der Waals surface area contributed by atoms with Crippen LogP contribution in [0.3, 0.4) is 0 Å². The molecule has 0 atom stereocenters. The molecule has 0 unspecified atom stereocenters. The summed E-state index contributed by atoms with van der Waals surface area (Å²) in [7, 11) is 2.14. The molecule has 6 nitrogen and oxygen atoms in total. The molecular weight excluding hydrogens is 470 g/mol. The van der Waals surface area contributed by atoms with Crippen molar-refractivity contribution in [3.63, 3.8) is 0 Å². The maximum absolute atomic E-state index is 13.5. The number of pyridine rings is 1. The maximum Gasteiger partial charge on any atom is 0.326 e. The number of hydrogen-bond acceptors (Lipinski definition) is 4. The lowest BCUT2D eigenvalue weighted by molar-refractivity contribution is 0.257. The molecule has 0 aliphatic carbocycles. The van der Waals surface area contributed by atoms with Gasteiger partial charge in [0.25, 0.3) is 0 Å². The van der Waals surface area contributed by atoms with Gasteiger partial charge < -0.3 is 15.1 Å². The largest absolute Gasteiger partial charge is 0.368 e. The molecule has 182 valence electrons. The Balaban J connectivity index is 1.26. The minimum Gasteiger partial charge on any atom is -0.368 e. The van der Waals surface area contributed by atoms with Gasteiger partial charge in [-0.15, -0.1) is 0 Å². The summed E-state index contributed by atoms with van der Waals surface area (Å²) in [6, 6.07) is 24.0. The number of halogens is 1. The number of urea groups is 1. The van der Waals surface area contributed by atoms with E-state index in [2.05, 4.69) is 28.2 Å². The Kier molecular flexibility index (Phi) is 5.99. The Bertz CT molecular complexity index is 1430. The van der Waals surface area contributed by atoms with Crippen LogP contribution in [0, 0.1) is 0 Å². The number of amides is 2. The number of rotatable bonds is 3. The summed E-state index contributed by atoms with van der Waals surface area (Å²) in [5.41, 5.74) is 6.64. The number of benzene rings is 3. The number of hydrogen-bond donors (Lipinski definition) is 1. The molecule has 2 aliphatic rings. The van der Waals surface area contributed by atoms with Crippen molar-refractivity contribution in [1.82, 2.24) is 9.88 Å². The number of carbonyl (C=O) groups excluding carboxylic acids is 1. The van der Waals surface area contributed by atoms with Gasteiger partial charge in [-0.2, -0.15) is 0 Å². The Hall–Kier alpha value is -3.61. The highest BCUT2D eigenvalue weighted by Crippen LogP contribution is 2.38. The van der Waals surface area contributed by atoms with Crippen molar-refractivity contribution in [2.45, 2.75) is 6.42 Å². The van der Waals surface area contributed by atoms with Gasteiger partial charge in [0, 0.05) is 43.7 Å². The molecular formula is C29H28ClN5O. The molecule has 0 bridgehead atoms. The van der Waals surface area contributed by atoms with Crippen LogP contribution in [0.25, 0.3) is 22.2 Å². The van der Waals surface area contributed by atoms with E-state index in [1.165, 1.54) is 0 Å². The highest BCUT2D eigenvalue weighted by atomic mass is 35.5. The summed E-state index contributed by atoms with van der Waals surface area (Å²) in [4.78, 5) is 24.8. The predicted molar refractivity (Wildman–Crippen MR) is 148 cm³/mol. The Morgan fingerprint density at radius 1 is 0.889 bits per heavy atom. The van der Waals surface area contributed by atoms with Crippen molar-refractivity contribution < 1.29 is 4.79 Å². The average molecular weight is 498 g/mol. The fourth-order valence-electron chi connectivity index (χ4n) is 5.11. The standard InChI is InChI=1S/C29H28ClN5O/c1-33-14-16-34(17-15-33)28-19-27-21(18-23(28)30)12-13-35(27)29(36)32-26-9-5-8-25-22(26)10-11-24(31-25)20-6-3-2-4-7-20/h2-11,18-19H,12-17H2,1H3,(H,32,36). The molecule has 2 aliphatic heterocycles. The van der Waals surface area contributed by atoms with E-state index in [1.807, 2.05) is 71.6 Å². The fraction of sp³-hybridized carbons (Fsp3) is 0.241. The summed E-state index contributed by atoms with van der Waals surface area (Å²) in [5, 5.41) is 4.82. The summed E-state index contributed by atoms with van der Waals surface area (Å²) >= 11 is 6.68. The number of carbonyl (C=O) groups is 1. The van der Waals surface area contributed by atoms with Gasteiger partial charge in [0.2, 0.25) is 0 Å². The lowest BCUT2D eigenvalue weighted by atomic mass is 10.1. The number of likely N-dealkylation sites (N-methyl/N-ethyl adjacent to an activating group) is 1. The van der Waals surface area contributed by atoms with E-state index in [9.17, 15) is 4.79 Å². The molecule has 6 rings (SSSR count). The molecule has 3 heterocycles. The molecule has 1 aromatic heterocycles. The van der Waals surface area contributed by atoms with Gasteiger partial charge in [0.1, 0.15) is 0 Å². The zero-order chi connectivity index (χ0) is 24.6. The highest BCUT2D eigenvalue weighted by Gasteiger charge is 2.28. The van der Waals surface area contributed by atoms with Crippen molar-refractivity contribution in [3.05, 3.63) is 83.4 Å². The van der Waals surface area contributed by atoms with Gasteiger partial charge in [-0.05, 0) is 55.4 Å². The smallest absolute Gasteiger partial charge is 0.326 e. The van der Waals surface area contributed by atoms with Crippen LogP contribution in [0.15, 0.2) is 72.8 Å². The van der Waals surface area contributed by atoms with Gasteiger partial charge in [0.05, 0.1) is 33.3 Å². The first-order chi connectivity index (χ1) is 17.6. The highest BCUT2D eigenvalue weighted by molar-refractivity contribution is 6.33. The Morgan fingerprint density at radius 3 is 2.50 bits per heavy atom. The molecule has 1 saturated heterocycles. The summed E-state index contributed by atoms with van der Waals surface area (Å²) in [5.74, 6) is 0. The van der Waals surface area contributed by atoms with Crippen molar-refractivity contribution in [3.8, 4) is 11.3 Å². The third-order valence-corrected chi connectivity index (χ3v) is 7.48. The third kappa shape index (κ3) is 4.27. The zero-order valence-electron chi connectivity index (χ0n) is 20.2. The van der Waals surface area contributed by atoms with Crippen LogP contribution in [-0.4, -0.2) is 55.7 Å². The van der Waals surface area contributed by atoms with Crippen LogP contribution >= 0.6 is 11.6 Å². The van der Waals surface area contributed by atoms with Gasteiger partial charge in [0.15, 0.2) is 0 Å². The van der Waals surface area contributed by atoms with Crippen molar-refractivity contribution in [2.24, 2.45) is 0 Å². The van der Waals surface area contributed by atoms with Gasteiger partial charge in [-0.25, -0.2) is 9.78 Å². The Morgan fingerprint density at radius 2 is 1.69 bits per heavy atom. The van der Waals surface area contributed by atoms with Gasteiger partial charge in [-0.1, -0.05) is 48.0 Å². The topological polar surface area (TPSA) is 51.7 Å². The predicted octanol–water partition coefficient (Wildman–Crippen LogP) is 5.90. The molecule has 0 spiro atoms. The van der Waals surface area contributed by atoms with E-state index >= 15 is 0 Å². The Labute approximate surface area is 216 Å². The first kappa shape index (κ1) is 22.8. The zero-order valence-corrected chi connectivity index (χ0v) is 21.0. The summed E-state index contributed by atoms with van der Waals surface area (Å²) in [6.45, 7) is 4.48. The van der Waals surface area contributed by atoms with Gasteiger partial charge in [-0.3, -0.25) is 4.90 Å². The first-order valence-electron chi connectivity index (χ1n) is 12.4. The van der Waals surface area contributed by atoms with Crippen LogP contribution in [0.5, 0.6) is 0 Å². The number of anilines is 3. The molecule has 0 radical (unpaired) electrons. The van der Waals surface area contributed by atoms with E-state index < -0.39 is 0 Å². The third-order valence-electron chi connectivity index (χ3n) is 7.18. The van der Waals surface area contributed by atoms with Crippen LogP contribution < -0.4 is 15.1 Å². The van der Waals surface area contributed by atoms with Crippen LogP contribution in [0.2, 0.25) is 5.02 Å². The summed E-state index contributed by atoms with van der Waals surface area (Å²) < 4.78 is 0. The van der Waals surface area contributed by atoms with E-state index in [-0.39, 0.29) is 6.03 Å². The summed E-state index contributed by atoms with van der Waals surface area (Å²) in [6.07, 6.45) is 0.795. The lowest BCUT2D eigenvalue weighted by Crippen LogP contribution is -2.44. The maximum atomic E-state index is 13.5. The first-order valence-corrected chi connectivity index (χ1v) is 12.7. The van der Waals surface area contributed by atoms with Gasteiger partial charge >= 0.3 is 6.03 Å². The van der Waals surface area contributed by atoms with Crippen molar-refractivity contribution >= 4 is 45.6 Å². The molecule has 1 N–H and O–H groups in total. The molecule has 36 heavy (non-hydrogen) atoms. The van der Waals surface area contributed by atoms with E-state index in [1.54, 1.807) is 0 Å². The van der Waals surface area contributed by atoms with E-state index in [0.717, 1.165) is 82.4 Å². The fourth-order valence-corrected chi connectivity index (χ4v) is 5.42. The molecule has 3 aromatic carbocycles. The quantitative estimate of drug-likeness (QED) is 0.383. The minimum absolute atomic E-state index is 0.139. The normalized spacial score (nSPS) is 15.8. The number of fused-ring (bicyclic) bond motifs is 2. The van der Waals surface area contributed by atoms with Crippen LogP contribution in [0.1, 0.15) is 5.56 Å². The number of piperazine rings is 1. The molecule has 2 amide bonds. The van der Waals surface area contributed by atoms with E-state index in [0.29, 0.717) is 6.54 Å². The lowest BCUT2D eigenvalue weighted by Gasteiger charge is -2.35. The SMILES string of the molecule is CN1CCN(c2cc3c(cc2Cl)CCN3C(=O)Nc2cccc3nc(-c4ccccc4)ccc23)CC1. The molecule has 1 fully saturated rings. The second-order valence-electron chi connectivity index (χ2n) is 9.49. The second-order valence-corrected chi connectivity index (χ2v) is 9.90. The van der Waals surface area contributed by atoms with Crippen molar-refractivity contribution in [2.75, 3.05) is 54.9 Å². The average Bonchev–Trinajstić information content (AvgIpc) is 3.32. The molecule has 7 heteroatoms.